The van der Waals surface area contributed by atoms with Crippen LogP contribution in [0.25, 0.3) is 0 Å². The molecule has 2 aromatic carbocycles. The van der Waals surface area contributed by atoms with Gasteiger partial charge >= 0.3 is 0 Å². The second-order valence-corrected chi connectivity index (χ2v) is 8.04. The van der Waals surface area contributed by atoms with Crippen molar-refractivity contribution in [2.45, 2.75) is 20.3 Å². The SMILES string of the molecule is CCCSNc1ccc(Cl)c(Nc2ccc(/N=C\N(C)C)c(C=O)c2C)c1Cl. The molecule has 0 aliphatic heterocycles. The lowest BCUT2D eigenvalue weighted by molar-refractivity contribution is 0.112. The minimum Gasteiger partial charge on any atom is -0.369 e. The molecule has 0 fully saturated rings. The second kappa shape index (κ2) is 10.6. The summed E-state index contributed by atoms with van der Waals surface area (Å²) >= 11 is 14.5. The molecular formula is C20H24Cl2N4OS. The van der Waals surface area contributed by atoms with Crippen molar-refractivity contribution >= 4 is 70.5 Å². The molecule has 2 N–H and O–H groups in total. The Labute approximate surface area is 180 Å². The fourth-order valence-corrected chi connectivity index (χ4v) is 3.60. The monoisotopic (exact) mass is 438 g/mol. The molecular weight excluding hydrogens is 415 g/mol. The van der Waals surface area contributed by atoms with Crippen molar-refractivity contribution in [1.82, 2.24) is 4.90 Å². The van der Waals surface area contributed by atoms with Crippen molar-refractivity contribution < 1.29 is 4.79 Å². The Morgan fingerprint density at radius 1 is 1.18 bits per heavy atom. The van der Waals surface area contributed by atoms with Crippen molar-refractivity contribution in [2.24, 2.45) is 4.99 Å². The summed E-state index contributed by atoms with van der Waals surface area (Å²) in [6.07, 6.45) is 3.53. The maximum Gasteiger partial charge on any atom is 0.152 e. The molecule has 2 rings (SSSR count). The van der Waals surface area contributed by atoms with Crippen LogP contribution < -0.4 is 10.0 Å². The molecule has 0 aromatic heterocycles. The van der Waals surface area contributed by atoms with E-state index in [9.17, 15) is 4.79 Å². The van der Waals surface area contributed by atoms with Crippen LogP contribution in [0.2, 0.25) is 10.0 Å². The standard InChI is InChI=1S/C20H24Cl2N4OS/c1-5-10-28-25-18-7-6-15(21)20(19(18)22)24-16-8-9-17(23-12-26(3)4)14(11-27)13(16)2/h6-9,11-12,24-25H,5,10H2,1-4H3/b23-12-. The molecule has 0 spiro atoms. The van der Waals surface area contributed by atoms with Gasteiger partial charge in [0.1, 0.15) is 0 Å². The lowest BCUT2D eigenvalue weighted by Crippen LogP contribution is -2.07. The van der Waals surface area contributed by atoms with Gasteiger partial charge < -0.3 is 14.9 Å². The van der Waals surface area contributed by atoms with Gasteiger partial charge in [0.15, 0.2) is 6.29 Å². The Morgan fingerprint density at radius 2 is 1.89 bits per heavy atom. The second-order valence-electron chi connectivity index (χ2n) is 6.36. The summed E-state index contributed by atoms with van der Waals surface area (Å²) < 4.78 is 3.25. The van der Waals surface area contributed by atoms with Gasteiger partial charge in [0.05, 0.1) is 33.4 Å². The number of carbonyl (C=O) groups is 1. The molecule has 0 atom stereocenters. The fraction of sp³-hybridized carbons (Fsp3) is 0.300. The molecule has 0 heterocycles. The third-order valence-corrected chi connectivity index (χ3v) is 5.56. The Kier molecular flexibility index (Phi) is 8.48. The molecule has 0 saturated heterocycles. The van der Waals surface area contributed by atoms with E-state index in [0.29, 0.717) is 27.0 Å². The summed E-state index contributed by atoms with van der Waals surface area (Å²) in [5, 5.41) is 4.27. The molecule has 8 heteroatoms. The number of hydrogen-bond acceptors (Lipinski definition) is 5. The van der Waals surface area contributed by atoms with Crippen LogP contribution in [0.1, 0.15) is 29.3 Å². The van der Waals surface area contributed by atoms with Crippen LogP contribution in [-0.2, 0) is 0 Å². The smallest absolute Gasteiger partial charge is 0.152 e. The van der Waals surface area contributed by atoms with Crippen LogP contribution in [0.5, 0.6) is 0 Å². The van der Waals surface area contributed by atoms with Crippen LogP contribution in [0.4, 0.5) is 22.7 Å². The third-order valence-electron chi connectivity index (χ3n) is 3.88. The molecule has 0 bridgehead atoms. The molecule has 28 heavy (non-hydrogen) atoms. The summed E-state index contributed by atoms with van der Waals surface area (Å²) in [6.45, 7) is 3.98. The average molecular weight is 439 g/mol. The van der Waals surface area contributed by atoms with Gasteiger partial charge in [-0.2, -0.15) is 0 Å². The minimum atomic E-state index is 0.498. The predicted octanol–water partition coefficient (Wildman–Crippen LogP) is 6.55. The third kappa shape index (κ3) is 5.56. The van der Waals surface area contributed by atoms with Gasteiger partial charge in [0, 0.05) is 31.1 Å². The topological polar surface area (TPSA) is 56.7 Å². The van der Waals surface area contributed by atoms with Gasteiger partial charge in [-0.15, -0.1) is 0 Å². The first-order valence-corrected chi connectivity index (χ1v) is 10.5. The highest BCUT2D eigenvalue weighted by atomic mass is 35.5. The van der Waals surface area contributed by atoms with Gasteiger partial charge in [-0.05, 0) is 43.2 Å². The number of aldehydes is 1. The van der Waals surface area contributed by atoms with E-state index in [1.807, 2.05) is 38.1 Å². The number of nitrogens with zero attached hydrogens (tertiary/aromatic N) is 2. The molecule has 0 radical (unpaired) electrons. The van der Waals surface area contributed by atoms with Crippen LogP contribution in [0.3, 0.4) is 0 Å². The van der Waals surface area contributed by atoms with Crippen LogP contribution in [-0.4, -0.2) is 37.4 Å². The number of hydrogen-bond donors (Lipinski definition) is 2. The normalized spacial score (nSPS) is 10.9. The average Bonchev–Trinajstić information content (AvgIpc) is 2.66. The lowest BCUT2D eigenvalue weighted by atomic mass is 10.1. The molecule has 0 unspecified atom stereocenters. The van der Waals surface area contributed by atoms with Gasteiger partial charge in [-0.25, -0.2) is 4.99 Å². The Balaban J connectivity index is 2.37. The maximum atomic E-state index is 11.7. The maximum absolute atomic E-state index is 11.7. The Morgan fingerprint density at radius 3 is 2.54 bits per heavy atom. The summed E-state index contributed by atoms with van der Waals surface area (Å²) in [4.78, 5) is 17.8. The van der Waals surface area contributed by atoms with E-state index >= 15 is 0 Å². The molecule has 2 aromatic rings. The lowest BCUT2D eigenvalue weighted by Gasteiger charge is -2.17. The van der Waals surface area contributed by atoms with Gasteiger partial charge in [0.25, 0.3) is 0 Å². The first-order chi connectivity index (χ1) is 13.4. The van der Waals surface area contributed by atoms with Crippen molar-refractivity contribution in [1.29, 1.82) is 0 Å². The van der Waals surface area contributed by atoms with Gasteiger partial charge in [-0.3, -0.25) is 4.79 Å². The number of aliphatic imine (C=N–C) groups is 1. The number of benzene rings is 2. The van der Waals surface area contributed by atoms with E-state index in [4.69, 9.17) is 23.2 Å². The van der Waals surface area contributed by atoms with E-state index in [1.54, 1.807) is 30.4 Å². The van der Waals surface area contributed by atoms with Crippen LogP contribution in [0, 0.1) is 6.92 Å². The summed E-state index contributed by atoms with van der Waals surface area (Å²) in [5.74, 6) is 0.971. The number of rotatable bonds is 9. The van der Waals surface area contributed by atoms with Crippen molar-refractivity contribution in [3.63, 3.8) is 0 Å². The number of halogens is 2. The zero-order valence-electron chi connectivity index (χ0n) is 16.3. The molecule has 0 amide bonds. The molecule has 0 aliphatic rings. The largest absolute Gasteiger partial charge is 0.369 e. The first-order valence-electron chi connectivity index (χ1n) is 8.81. The zero-order chi connectivity index (χ0) is 20.7. The van der Waals surface area contributed by atoms with E-state index in [0.717, 1.165) is 35.4 Å². The van der Waals surface area contributed by atoms with Crippen molar-refractivity contribution in [2.75, 3.05) is 29.9 Å². The molecule has 0 saturated carbocycles. The number of nitrogens with one attached hydrogen (secondary N) is 2. The fourth-order valence-electron chi connectivity index (χ4n) is 2.40. The van der Waals surface area contributed by atoms with Crippen LogP contribution >= 0.6 is 35.1 Å². The molecule has 5 nitrogen and oxygen atoms in total. The molecule has 150 valence electrons. The zero-order valence-corrected chi connectivity index (χ0v) is 18.7. The summed E-state index contributed by atoms with van der Waals surface area (Å²) in [6, 6.07) is 7.29. The highest BCUT2D eigenvalue weighted by molar-refractivity contribution is 8.00. The Hall–Kier alpha value is -1.89. The van der Waals surface area contributed by atoms with Gasteiger partial charge in [-0.1, -0.05) is 42.1 Å². The number of carbonyl (C=O) groups excluding carboxylic acids is 1. The van der Waals surface area contributed by atoms with Gasteiger partial charge in [0.2, 0.25) is 0 Å². The van der Waals surface area contributed by atoms with E-state index < -0.39 is 0 Å². The predicted molar refractivity (Wildman–Crippen MR) is 125 cm³/mol. The molecule has 0 aliphatic carbocycles. The Bertz CT molecular complexity index is 872. The van der Waals surface area contributed by atoms with E-state index in [2.05, 4.69) is 22.0 Å². The van der Waals surface area contributed by atoms with E-state index in [-0.39, 0.29) is 0 Å². The first kappa shape index (κ1) is 22.4. The number of anilines is 3. The van der Waals surface area contributed by atoms with Crippen LogP contribution in [0.15, 0.2) is 29.3 Å². The highest BCUT2D eigenvalue weighted by Gasteiger charge is 2.15. The minimum absolute atomic E-state index is 0.498. The van der Waals surface area contributed by atoms with E-state index in [1.165, 1.54) is 0 Å². The highest BCUT2D eigenvalue weighted by Crippen LogP contribution is 2.40. The van der Waals surface area contributed by atoms with Crippen molar-refractivity contribution in [3.05, 3.63) is 45.4 Å². The summed E-state index contributed by atoms with van der Waals surface area (Å²) in [7, 11) is 3.74. The summed E-state index contributed by atoms with van der Waals surface area (Å²) in [5.41, 5.74) is 4.02. The quantitative estimate of drug-likeness (QED) is 0.153. The van der Waals surface area contributed by atoms with Crippen molar-refractivity contribution in [3.8, 4) is 0 Å².